The molecule has 2 rings (SSSR count). The Hall–Kier alpha value is -0.990. The van der Waals surface area contributed by atoms with Crippen LogP contribution in [0.4, 0.5) is 0 Å². The Morgan fingerprint density at radius 1 is 1.39 bits per heavy atom. The van der Waals surface area contributed by atoms with Gasteiger partial charge in [-0.15, -0.1) is 0 Å². The second-order valence-electron chi connectivity index (χ2n) is 4.94. The lowest BCUT2D eigenvalue weighted by atomic mass is 10.1. The van der Waals surface area contributed by atoms with E-state index >= 15 is 0 Å². The normalized spacial score (nSPS) is 13.2. The zero-order valence-corrected chi connectivity index (χ0v) is 12.0. The minimum absolute atomic E-state index is 0.343. The maximum Gasteiger partial charge on any atom is 0.0691 e. The molecule has 1 unspecified atom stereocenters. The molecule has 0 radical (unpaired) electrons. The number of benzene rings is 1. The van der Waals surface area contributed by atoms with Gasteiger partial charge in [0.25, 0.3) is 0 Å². The number of aliphatic hydroxyl groups excluding tert-OH is 1. The highest BCUT2D eigenvalue weighted by Gasteiger charge is 2.14. The number of rotatable bonds is 4. The minimum Gasteiger partial charge on any atom is -0.392 e. The van der Waals surface area contributed by atoms with Crippen LogP contribution in [0.1, 0.15) is 31.5 Å². The molecule has 1 aromatic carbocycles. The summed E-state index contributed by atoms with van der Waals surface area (Å²) in [5, 5.41) is 11.6. The van der Waals surface area contributed by atoms with Gasteiger partial charge in [0.15, 0.2) is 0 Å². The third-order valence-corrected chi connectivity index (χ3v) is 3.60. The molecule has 0 spiro atoms. The molecule has 0 bridgehead atoms. The quantitative estimate of drug-likeness (QED) is 0.890. The van der Waals surface area contributed by atoms with Crippen molar-refractivity contribution in [3.05, 3.63) is 34.5 Å². The maximum atomic E-state index is 9.64. The van der Waals surface area contributed by atoms with Gasteiger partial charge in [-0.3, -0.25) is 0 Å². The summed E-state index contributed by atoms with van der Waals surface area (Å²) in [6.07, 6.45) is 1.82. The van der Waals surface area contributed by atoms with Crippen LogP contribution in [0, 0.1) is 6.92 Å². The molecule has 3 heteroatoms. The molecule has 0 saturated carbocycles. The number of halogens is 1. The van der Waals surface area contributed by atoms with Gasteiger partial charge in [0, 0.05) is 28.2 Å². The fraction of sp³-hybridized carbons (Fsp3) is 0.467. The first-order valence-corrected chi connectivity index (χ1v) is 6.87. The summed E-state index contributed by atoms with van der Waals surface area (Å²) in [6.45, 7) is 6.76. The molecular weight excluding hydrogens is 246 g/mol. The highest BCUT2D eigenvalue weighted by molar-refractivity contribution is 6.31. The molecule has 2 nitrogen and oxygen atoms in total. The first-order chi connectivity index (χ1) is 8.54. The number of aliphatic hydroxyl groups is 1. The van der Waals surface area contributed by atoms with Crippen LogP contribution < -0.4 is 0 Å². The largest absolute Gasteiger partial charge is 0.392 e. The van der Waals surface area contributed by atoms with Crippen LogP contribution in [0.25, 0.3) is 10.9 Å². The summed E-state index contributed by atoms with van der Waals surface area (Å²) in [5.41, 5.74) is 3.77. The number of hydrogen-bond donors (Lipinski definition) is 1. The third kappa shape index (κ3) is 2.40. The van der Waals surface area contributed by atoms with Crippen molar-refractivity contribution in [1.82, 2.24) is 4.57 Å². The summed E-state index contributed by atoms with van der Waals surface area (Å²) in [5.74, 6) is 0. The lowest BCUT2D eigenvalue weighted by Crippen LogP contribution is -2.12. The van der Waals surface area contributed by atoms with Crippen LogP contribution in [-0.4, -0.2) is 15.8 Å². The maximum absolute atomic E-state index is 9.64. The van der Waals surface area contributed by atoms with E-state index in [1.807, 2.05) is 25.1 Å². The highest BCUT2D eigenvalue weighted by Crippen LogP contribution is 2.29. The van der Waals surface area contributed by atoms with E-state index in [0.29, 0.717) is 6.54 Å². The van der Waals surface area contributed by atoms with E-state index in [1.54, 1.807) is 0 Å². The van der Waals surface area contributed by atoms with Crippen molar-refractivity contribution in [2.24, 2.45) is 0 Å². The van der Waals surface area contributed by atoms with Gasteiger partial charge in [0.2, 0.25) is 0 Å². The minimum atomic E-state index is -0.343. The average molecular weight is 266 g/mol. The summed E-state index contributed by atoms with van der Waals surface area (Å²) < 4.78 is 2.20. The van der Waals surface area contributed by atoms with Gasteiger partial charge in [-0.1, -0.05) is 24.9 Å². The van der Waals surface area contributed by atoms with Gasteiger partial charge >= 0.3 is 0 Å². The Morgan fingerprint density at radius 3 is 2.72 bits per heavy atom. The van der Waals surface area contributed by atoms with E-state index in [1.165, 1.54) is 22.2 Å². The van der Waals surface area contributed by atoms with Crippen LogP contribution >= 0.6 is 11.6 Å². The van der Waals surface area contributed by atoms with E-state index < -0.39 is 0 Å². The molecule has 0 aliphatic rings. The molecule has 1 aromatic heterocycles. The summed E-state index contributed by atoms with van der Waals surface area (Å²) >= 11 is 6.10. The SMILES string of the molecule is CCCc1c(C)n(CC(C)O)c2ccc(Cl)cc12. The fourth-order valence-corrected chi connectivity index (χ4v) is 2.76. The number of aromatic nitrogens is 1. The summed E-state index contributed by atoms with van der Waals surface area (Å²) in [4.78, 5) is 0. The summed E-state index contributed by atoms with van der Waals surface area (Å²) in [7, 11) is 0. The van der Waals surface area contributed by atoms with E-state index in [-0.39, 0.29) is 6.10 Å². The Balaban J connectivity index is 2.66. The molecular formula is C15H20ClNO. The van der Waals surface area contributed by atoms with Gasteiger partial charge < -0.3 is 9.67 Å². The number of hydrogen-bond acceptors (Lipinski definition) is 1. The number of nitrogens with zero attached hydrogens (tertiary/aromatic N) is 1. The van der Waals surface area contributed by atoms with Crippen LogP contribution in [0.3, 0.4) is 0 Å². The van der Waals surface area contributed by atoms with Gasteiger partial charge in [-0.25, -0.2) is 0 Å². The first-order valence-electron chi connectivity index (χ1n) is 6.49. The molecule has 18 heavy (non-hydrogen) atoms. The van der Waals surface area contributed by atoms with Crippen molar-refractivity contribution < 1.29 is 5.11 Å². The Labute approximate surface area is 113 Å². The van der Waals surface area contributed by atoms with Gasteiger partial charge in [-0.05, 0) is 44.0 Å². The predicted molar refractivity (Wildman–Crippen MR) is 77.4 cm³/mol. The Morgan fingerprint density at radius 2 is 2.11 bits per heavy atom. The van der Waals surface area contributed by atoms with Crippen LogP contribution in [-0.2, 0) is 13.0 Å². The lowest BCUT2D eigenvalue weighted by Gasteiger charge is -2.10. The van der Waals surface area contributed by atoms with Gasteiger partial charge in [0.1, 0.15) is 0 Å². The molecule has 0 aliphatic heterocycles. The monoisotopic (exact) mass is 265 g/mol. The van der Waals surface area contributed by atoms with E-state index in [2.05, 4.69) is 18.4 Å². The van der Waals surface area contributed by atoms with E-state index in [0.717, 1.165) is 17.9 Å². The first kappa shape index (κ1) is 13.4. The zero-order valence-electron chi connectivity index (χ0n) is 11.2. The molecule has 1 N–H and O–H groups in total. The lowest BCUT2D eigenvalue weighted by molar-refractivity contribution is 0.174. The average Bonchev–Trinajstić information content (AvgIpc) is 2.54. The molecule has 0 amide bonds. The Bertz CT molecular complexity index is 557. The van der Waals surface area contributed by atoms with Crippen molar-refractivity contribution in [2.75, 3.05) is 0 Å². The van der Waals surface area contributed by atoms with Crippen molar-refractivity contribution in [3.8, 4) is 0 Å². The zero-order chi connectivity index (χ0) is 13.3. The topological polar surface area (TPSA) is 25.2 Å². The molecule has 0 fully saturated rings. The molecule has 0 aliphatic carbocycles. The van der Waals surface area contributed by atoms with Gasteiger partial charge in [0.05, 0.1) is 6.10 Å². The Kier molecular flexibility index (Phi) is 3.98. The summed E-state index contributed by atoms with van der Waals surface area (Å²) in [6, 6.07) is 6.00. The molecule has 0 saturated heterocycles. The fourth-order valence-electron chi connectivity index (χ4n) is 2.59. The van der Waals surface area contributed by atoms with Crippen LogP contribution in [0.5, 0.6) is 0 Å². The molecule has 1 heterocycles. The molecule has 2 aromatic rings. The number of aryl methyl sites for hydroxylation is 1. The van der Waals surface area contributed by atoms with E-state index in [9.17, 15) is 5.11 Å². The van der Waals surface area contributed by atoms with Crippen LogP contribution in [0.15, 0.2) is 18.2 Å². The predicted octanol–water partition coefficient (Wildman–Crippen LogP) is 3.94. The van der Waals surface area contributed by atoms with Crippen molar-refractivity contribution in [1.29, 1.82) is 0 Å². The molecule has 98 valence electrons. The highest BCUT2D eigenvalue weighted by atomic mass is 35.5. The van der Waals surface area contributed by atoms with Crippen molar-refractivity contribution >= 4 is 22.5 Å². The van der Waals surface area contributed by atoms with Crippen molar-refractivity contribution in [2.45, 2.75) is 46.3 Å². The van der Waals surface area contributed by atoms with Crippen molar-refractivity contribution in [3.63, 3.8) is 0 Å². The smallest absolute Gasteiger partial charge is 0.0691 e. The van der Waals surface area contributed by atoms with Gasteiger partial charge in [-0.2, -0.15) is 0 Å². The second kappa shape index (κ2) is 5.33. The molecule has 1 atom stereocenters. The standard InChI is InChI=1S/C15H20ClNO/c1-4-5-13-11(3)17(9-10(2)18)15-7-6-12(16)8-14(13)15/h6-8,10,18H,4-5,9H2,1-3H3. The number of fused-ring (bicyclic) bond motifs is 1. The van der Waals surface area contributed by atoms with E-state index in [4.69, 9.17) is 11.6 Å². The third-order valence-electron chi connectivity index (χ3n) is 3.36. The second-order valence-corrected chi connectivity index (χ2v) is 5.37. The van der Waals surface area contributed by atoms with Crippen LogP contribution in [0.2, 0.25) is 5.02 Å².